The highest BCUT2D eigenvalue weighted by Gasteiger charge is 2.10. The fourth-order valence-electron chi connectivity index (χ4n) is 1.99. The molecule has 0 saturated carbocycles. The Morgan fingerprint density at radius 2 is 2.05 bits per heavy atom. The minimum atomic E-state index is -0.203. The highest BCUT2D eigenvalue weighted by Crippen LogP contribution is 2.19. The number of hydrogen-bond donors (Lipinski definition) is 2. The number of para-hydroxylation sites is 1. The second kappa shape index (κ2) is 4.53. The molecule has 0 saturated heterocycles. The van der Waals surface area contributed by atoms with Crippen LogP contribution in [0.15, 0.2) is 43.0 Å². The Kier molecular flexibility index (Phi) is 2.72. The van der Waals surface area contributed by atoms with Gasteiger partial charge in [0.05, 0.1) is 18.1 Å². The van der Waals surface area contributed by atoms with Crippen LogP contribution in [0.4, 0.5) is 5.69 Å². The van der Waals surface area contributed by atoms with Crippen LogP contribution < -0.4 is 5.32 Å². The van der Waals surface area contributed by atoms with Crippen molar-refractivity contribution < 1.29 is 4.79 Å². The van der Waals surface area contributed by atoms with E-state index in [1.807, 2.05) is 31.2 Å². The Labute approximate surface area is 109 Å². The van der Waals surface area contributed by atoms with Gasteiger partial charge in [-0.3, -0.25) is 4.79 Å². The van der Waals surface area contributed by atoms with E-state index >= 15 is 0 Å². The van der Waals surface area contributed by atoms with Crippen molar-refractivity contribution in [3.8, 4) is 0 Å². The third-order valence-corrected chi connectivity index (χ3v) is 2.93. The van der Waals surface area contributed by atoms with Gasteiger partial charge >= 0.3 is 0 Å². The van der Waals surface area contributed by atoms with E-state index in [9.17, 15) is 4.79 Å². The first-order chi connectivity index (χ1) is 9.24. The van der Waals surface area contributed by atoms with Crippen molar-refractivity contribution in [2.75, 3.05) is 5.32 Å². The van der Waals surface area contributed by atoms with Gasteiger partial charge in [-0.25, -0.2) is 9.97 Å². The zero-order valence-electron chi connectivity index (χ0n) is 10.3. The Balaban J connectivity index is 1.92. The number of carbonyl (C=O) groups excluding carboxylic acids is 1. The standard InChI is InChI=1S/C14H12N4O/c1-9-3-2-4-10-5-12(18-13(9)10)14(19)17-11-6-15-8-16-7-11/h2-8,18H,1H3,(H,17,19). The number of aromatic nitrogens is 3. The molecular formula is C14H12N4O. The van der Waals surface area contributed by atoms with Gasteiger partial charge in [-0.05, 0) is 18.6 Å². The van der Waals surface area contributed by atoms with Crippen LogP contribution >= 0.6 is 0 Å². The topological polar surface area (TPSA) is 70.7 Å². The molecule has 0 aliphatic carbocycles. The lowest BCUT2D eigenvalue weighted by molar-refractivity contribution is 0.102. The first-order valence-corrected chi connectivity index (χ1v) is 5.89. The normalized spacial score (nSPS) is 10.6. The smallest absolute Gasteiger partial charge is 0.272 e. The van der Waals surface area contributed by atoms with E-state index in [4.69, 9.17) is 0 Å². The molecule has 5 heteroatoms. The molecule has 0 radical (unpaired) electrons. The number of benzene rings is 1. The number of anilines is 1. The van der Waals surface area contributed by atoms with Gasteiger partial charge in [0.2, 0.25) is 0 Å². The molecule has 1 amide bonds. The maximum atomic E-state index is 12.1. The average molecular weight is 252 g/mol. The van der Waals surface area contributed by atoms with Crippen LogP contribution in [0.25, 0.3) is 10.9 Å². The summed E-state index contributed by atoms with van der Waals surface area (Å²) < 4.78 is 0. The van der Waals surface area contributed by atoms with Gasteiger partial charge in [0.25, 0.3) is 5.91 Å². The Bertz CT molecular complexity index is 734. The minimum Gasteiger partial charge on any atom is -0.350 e. The fourth-order valence-corrected chi connectivity index (χ4v) is 1.99. The van der Waals surface area contributed by atoms with Gasteiger partial charge < -0.3 is 10.3 Å². The molecule has 2 N–H and O–H groups in total. The Hall–Kier alpha value is -2.69. The molecule has 2 heterocycles. The number of hydrogen-bond acceptors (Lipinski definition) is 3. The summed E-state index contributed by atoms with van der Waals surface area (Å²) in [6.07, 6.45) is 4.53. The molecule has 0 fully saturated rings. The molecular weight excluding hydrogens is 240 g/mol. The fraction of sp³-hybridized carbons (Fsp3) is 0.0714. The molecule has 1 aromatic carbocycles. The van der Waals surface area contributed by atoms with Gasteiger partial charge in [-0.15, -0.1) is 0 Å². The predicted octanol–water partition coefficient (Wildman–Crippen LogP) is 2.52. The lowest BCUT2D eigenvalue weighted by Gasteiger charge is -2.01. The van der Waals surface area contributed by atoms with E-state index in [0.29, 0.717) is 11.4 Å². The van der Waals surface area contributed by atoms with Crippen LogP contribution in [0.2, 0.25) is 0 Å². The van der Waals surface area contributed by atoms with Crippen LogP contribution in [-0.2, 0) is 0 Å². The van der Waals surface area contributed by atoms with Gasteiger partial charge in [0, 0.05) is 10.9 Å². The summed E-state index contributed by atoms with van der Waals surface area (Å²) in [5.41, 5.74) is 3.19. The van der Waals surface area contributed by atoms with Crippen molar-refractivity contribution in [2.45, 2.75) is 6.92 Å². The number of amides is 1. The zero-order chi connectivity index (χ0) is 13.2. The highest BCUT2D eigenvalue weighted by atomic mass is 16.1. The number of H-pyrrole nitrogens is 1. The van der Waals surface area contributed by atoms with Crippen molar-refractivity contribution in [2.24, 2.45) is 0 Å². The van der Waals surface area contributed by atoms with E-state index in [-0.39, 0.29) is 5.91 Å². The number of nitrogens with one attached hydrogen (secondary N) is 2. The molecule has 0 spiro atoms. The second-order valence-corrected chi connectivity index (χ2v) is 4.30. The summed E-state index contributed by atoms with van der Waals surface area (Å²) >= 11 is 0. The van der Waals surface area contributed by atoms with Crippen molar-refractivity contribution in [1.82, 2.24) is 15.0 Å². The highest BCUT2D eigenvalue weighted by molar-refractivity contribution is 6.06. The number of rotatable bonds is 2. The molecule has 94 valence electrons. The first kappa shape index (κ1) is 11.4. The van der Waals surface area contributed by atoms with Crippen molar-refractivity contribution in [3.05, 3.63) is 54.2 Å². The van der Waals surface area contributed by atoms with E-state index in [1.165, 1.54) is 6.33 Å². The monoisotopic (exact) mass is 252 g/mol. The van der Waals surface area contributed by atoms with E-state index in [1.54, 1.807) is 12.4 Å². The number of fused-ring (bicyclic) bond motifs is 1. The SMILES string of the molecule is Cc1cccc2cc(C(=O)Nc3cncnc3)[nH]c12. The van der Waals surface area contributed by atoms with Gasteiger partial charge in [0.15, 0.2) is 0 Å². The molecule has 0 aliphatic rings. The Morgan fingerprint density at radius 1 is 1.26 bits per heavy atom. The summed E-state index contributed by atoms with van der Waals surface area (Å²) in [6.45, 7) is 2.01. The van der Waals surface area contributed by atoms with Crippen LogP contribution in [0, 0.1) is 6.92 Å². The molecule has 0 bridgehead atoms. The van der Waals surface area contributed by atoms with Crippen molar-refractivity contribution >= 4 is 22.5 Å². The number of aromatic amines is 1. The predicted molar refractivity (Wildman–Crippen MR) is 73.0 cm³/mol. The lowest BCUT2D eigenvalue weighted by Crippen LogP contribution is -2.12. The van der Waals surface area contributed by atoms with Crippen LogP contribution in [-0.4, -0.2) is 20.9 Å². The van der Waals surface area contributed by atoms with Crippen molar-refractivity contribution in [1.29, 1.82) is 0 Å². The quantitative estimate of drug-likeness (QED) is 0.736. The molecule has 0 unspecified atom stereocenters. The molecule has 19 heavy (non-hydrogen) atoms. The second-order valence-electron chi connectivity index (χ2n) is 4.30. The third kappa shape index (κ3) is 2.18. The van der Waals surface area contributed by atoms with Crippen LogP contribution in [0.5, 0.6) is 0 Å². The van der Waals surface area contributed by atoms with Gasteiger partial charge in [-0.2, -0.15) is 0 Å². The molecule has 5 nitrogen and oxygen atoms in total. The summed E-state index contributed by atoms with van der Waals surface area (Å²) in [5.74, 6) is -0.203. The third-order valence-electron chi connectivity index (χ3n) is 2.93. The number of aryl methyl sites for hydroxylation is 1. The molecule has 0 aliphatic heterocycles. The van der Waals surface area contributed by atoms with Gasteiger partial charge in [-0.1, -0.05) is 18.2 Å². The number of carbonyl (C=O) groups is 1. The maximum absolute atomic E-state index is 12.1. The largest absolute Gasteiger partial charge is 0.350 e. The maximum Gasteiger partial charge on any atom is 0.272 e. The van der Waals surface area contributed by atoms with Crippen LogP contribution in [0.1, 0.15) is 16.1 Å². The van der Waals surface area contributed by atoms with E-state index < -0.39 is 0 Å². The summed E-state index contributed by atoms with van der Waals surface area (Å²) in [7, 11) is 0. The first-order valence-electron chi connectivity index (χ1n) is 5.89. The van der Waals surface area contributed by atoms with Crippen LogP contribution in [0.3, 0.4) is 0 Å². The summed E-state index contributed by atoms with van der Waals surface area (Å²) in [5, 5.41) is 3.77. The summed E-state index contributed by atoms with van der Waals surface area (Å²) in [4.78, 5) is 22.9. The molecule has 3 rings (SSSR count). The Morgan fingerprint density at radius 3 is 2.79 bits per heavy atom. The van der Waals surface area contributed by atoms with Gasteiger partial charge in [0.1, 0.15) is 12.0 Å². The van der Waals surface area contributed by atoms with E-state index in [0.717, 1.165) is 16.5 Å². The lowest BCUT2D eigenvalue weighted by atomic mass is 10.2. The number of nitrogens with zero attached hydrogens (tertiary/aromatic N) is 2. The minimum absolute atomic E-state index is 0.203. The van der Waals surface area contributed by atoms with E-state index in [2.05, 4.69) is 20.3 Å². The average Bonchev–Trinajstić information content (AvgIpc) is 2.85. The summed E-state index contributed by atoms with van der Waals surface area (Å²) in [6, 6.07) is 7.78. The molecule has 3 aromatic rings. The van der Waals surface area contributed by atoms with Crippen molar-refractivity contribution in [3.63, 3.8) is 0 Å². The molecule has 0 atom stereocenters. The molecule has 2 aromatic heterocycles. The zero-order valence-corrected chi connectivity index (χ0v) is 10.3.